The van der Waals surface area contributed by atoms with Crippen molar-refractivity contribution in [2.75, 3.05) is 7.11 Å². The lowest BCUT2D eigenvalue weighted by atomic mass is 9.98. The van der Waals surface area contributed by atoms with Gasteiger partial charge in [0.2, 0.25) is 0 Å². The largest absolute Gasteiger partial charge is 0.496 e. The summed E-state index contributed by atoms with van der Waals surface area (Å²) in [6.45, 7) is 3.86. The van der Waals surface area contributed by atoms with Gasteiger partial charge >= 0.3 is 6.18 Å². The molecule has 0 spiro atoms. The molecular weight excluding hydrogens is 446 g/mol. The first-order valence-electron chi connectivity index (χ1n) is 10.7. The summed E-state index contributed by atoms with van der Waals surface area (Å²) in [7, 11) is 1.55. The van der Waals surface area contributed by atoms with Gasteiger partial charge in [-0.15, -0.1) is 0 Å². The molecule has 0 saturated carbocycles. The lowest BCUT2D eigenvalue weighted by Gasteiger charge is -2.16. The fourth-order valence-electron chi connectivity index (χ4n) is 3.32. The Morgan fingerprint density at radius 2 is 1.82 bits per heavy atom. The van der Waals surface area contributed by atoms with Crippen LogP contribution in [-0.4, -0.2) is 17.9 Å². The van der Waals surface area contributed by atoms with Crippen molar-refractivity contribution in [1.82, 2.24) is 10.3 Å². The summed E-state index contributed by atoms with van der Waals surface area (Å²) in [5.74, 6) is 0.733. The predicted molar refractivity (Wildman–Crippen MR) is 125 cm³/mol. The third kappa shape index (κ3) is 6.21. The van der Waals surface area contributed by atoms with Gasteiger partial charge < -0.3 is 10.1 Å². The second kappa shape index (κ2) is 11.0. The van der Waals surface area contributed by atoms with Crippen LogP contribution in [0.4, 0.5) is 17.6 Å². The number of hydrogen-bond acceptors (Lipinski definition) is 3. The molecule has 8 heteroatoms. The maximum atomic E-state index is 13.4. The van der Waals surface area contributed by atoms with Crippen molar-refractivity contribution in [3.63, 3.8) is 0 Å². The maximum Gasteiger partial charge on any atom is 0.433 e. The summed E-state index contributed by atoms with van der Waals surface area (Å²) in [5.41, 5.74) is 2.50. The van der Waals surface area contributed by atoms with Crippen LogP contribution < -0.4 is 10.1 Å². The van der Waals surface area contributed by atoms with E-state index in [4.69, 9.17) is 4.74 Å². The Morgan fingerprint density at radius 3 is 2.47 bits per heavy atom. The molecule has 0 unspecified atom stereocenters. The Hall–Kier alpha value is -3.68. The number of amidine groups is 1. The number of pyridine rings is 1. The van der Waals surface area contributed by atoms with Gasteiger partial charge in [0.15, 0.2) is 0 Å². The molecule has 4 nitrogen and oxygen atoms in total. The van der Waals surface area contributed by atoms with Crippen LogP contribution in [0, 0.1) is 12.7 Å². The summed E-state index contributed by atoms with van der Waals surface area (Å²) in [6, 6.07) is 12.3. The van der Waals surface area contributed by atoms with Gasteiger partial charge in [0.05, 0.1) is 13.7 Å². The molecule has 0 atom stereocenters. The highest BCUT2D eigenvalue weighted by atomic mass is 19.4. The SMILES string of the molecule is CC/C=C/NC(=NCc1ccnc(C(F)(F)F)c1)c1cc(-c2ccc(F)cc2)cc(OC)c1C. The van der Waals surface area contributed by atoms with Crippen LogP contribution in [0.2, 0.25) is 0 Å². The zero-order chi connectivity index (χ0) is 24.7. The molecule has 0 saturated heterocycles. The Bertz CT molecular complexity index is 1190. The fraction of sp³-hybridized carbons (Fsp3) is 0.231. The molecule has 0 aliphatic heterocycles. The van der Waals surface area contributed by atoms with Gasteiger partial charge in [-0.2, -0.15) is 13.2 Å². The van der Waals surface area contributed by atoms with Gasteiger partial charge in [-0.1, -0.05) is 25.1 Å². The Labute approximate surface area is 196 Å². The predicted octanol–water partition coefficient (Wildman–Crippen LogP) is 6.68. The number of nitrogens with one attached hydrogen (secondary N) is 1. The highest BCUT2D eigenvalue weighted by molar-refractivity contribution is 6.02. The minimum atomic E-state index is -4.53. The van der Waals surface area contributed by atoms with E-state index in [1.165, 1.54) is 18.2 Å². The number of halogens is 4. The number of hydrogen-bond donors (Lipinski definition) is 1. The molecule has 0 aliphatic carbocycles. The normalized spacial score (nSPS) is 12.3. The number of methoxy groups -OCH3 is 1. The first-order chi connectivity index (χ1) is 16.2. The zero-order valence-electron chi connectivity index (χ0n) is 19.1. The highest BCUT2D eigenvalue weighted by Crippen LogP contribution is 2.31. The van der Waals surface area contributed by atoms with E-state index < -0.39 is 11.9 Å². The van der Waals surface area contributed by atoms with E-state index in [2.05, 4.69) is 15.3 Å². The van der Waals surface area contributed by atoms with Crippen LogP contribution in [-0.2, 0) is 12.7 Å². The second-order valence-corrected chi connectivity index (χ2v) is 7.52. The lowest BCUT2D eigenvalue weighted by Crippen LogP contribution is -2.21. The van der Waals surface area contributed by atoms with Crippen LogP contribution in [0.1, 0.15) is 35.7 Å². The molecule has 1 N–H and O–H groups in total. The fourth-order valence-corrected chi connectivity index (χ4v) is 3.32. The quantitative estimate of drug-likeness (QED) is 0.237. The Kier molecular flexibility index (Phi) is 8.04. The van der Waals surface area contributed by atoms with Crippen LogP contribution in [0.25, 0.3) is 11.1 Å². The molecule has 0 amide bonds. The summed E-state index contributed by atoms with van der Waals surface area (Å²) >= 11 is 0. The second-order valence-electron chi connectivity index (χ2n) is 7.52. The first kappa shape index (κ1) is 25.0. The molecule has 0 radical (unpaired) electrons. The number of rotatable bonds is 7. The van der Waals surface area contributed by atoms with Crippen LogP contribution >= 0.6 is 0 Å². The summed E-state index contributed by atoms with van der Waals surface area (Å²) in [5, 5.41) is 3.15. The van der Waals surface area contributed by atoms with Crippen molar-refractivity contribution in [1.29, 1.82) is 0 Å². The van der Waals surface area contributed by atoms with Crippen LogP contribution in [0.15, 0.2) is 72.0 Å². The molecule has 0 fully saturated rings. The van der Waals surface area contributed by atoms with E-state index in [0.717, 1.165) is 35.4 Å². The monoisotopic (exact) mass is 471 g/mol. The number of aliphatic imine (C=N–C) groups is 1. The average molecular weight is 471 g/mol. The first-order valence-corrected chi connectivity index (χ1v) is 10.7. The van der Waals surface area contributed by atoms with Crippen LogP contribution in [0.5, 0.6) is 5.75 Å². The van der Waals surface area contributed by atoms with E-state index in [1.54, 1.807) is 25.4 Å². The number of benzene rings is 2. The van der Waals surface area contributed by atoms with E-state index in [1.807, 2.05) is 32.1 Å². The van der Waals surface area contributed by atoms with Gasteiger partial charge in [-0.05, 0) is 72.6 Å². The minimum absolute atomic E-state index is 0.0103. The van der Waals surface area contributed by atoms with E-state index in [-0.39, 0.29) is 12.4 Å². The van der Waals surface area contributed by atoms with Crippen molar-refractivity contribution >= 4 is 5.84 Å². The van der Waals surface area contributed by atoms with Gasteiger partial charge in [-0.3, -0.25) is 9.98 Å². The third-order valence-corrected chi connectivity index (χ3v) is 5.12. The molecule has 1 heterocycles. The molecule has 3 rings (SSSR count). The summed E-state index contributed by atoms with van der Waals surface area (Å²) in [6.07, 6.45) is 1.03. The van der Waals surface area contributed by atoms with Gasteiger partial charge in [0, 0.05) is 17.3 Å². The topological polar surface area (TPSA) is 46.5 Å². The maximum absolute atomic E-state index is 13.4. The smallest absolute Gasteiger partial charge is 0.433 e. The van der Waals surface area contributed by atoms with Gasteiger partial charge in [0.25, 0.3) is 0 Å². The molecule has 34 heavy (non-hydrogen) atoms. The van der Waals surface area contributed by atoms with Crippen molar-refractivity contribution in [3.8, 4) is 16.9 Å². The van der Waals surface area contributed by atoms with E-state index in [0.29, 0.717) is 22.7 Å². The summed E-state index contributed by atoms with van der Waals surface area (Å²) < 4.78 is 58.1. The zero-order valence-corrected chi connectivity index (χ0v) is 19.1. The molecule has 178 valence electrons. The number of ether oxygens (including phenoxy) is 1. The Balaban J connectivity index is 2.06. The lowest BCUT2D eigenvalue weighted by molar-refractivity contribution is -0.141. The van der Waals surface area contributed by atoms with Crippen molar-refractivity contribution < 1.29 is 22.3 Å². The molecule has 0 bridgehead atoms. The standard InChI is InChI=1S/C26H25F4N3O/c1-4-5-11-32-25(33-16-18-10-12-31-24(13-18)26(28,29)30)22-14-20(15-23(34-3)17(22)2)19-6-8-21(27)9-7-19/h5-15H,4,16H2,1-3H3,(H,32,33)/b11-5+. The molecule has 1 aromatic heterocycles. The minimum Gasteiger partial charge on any atom is -0.496 e. The molecule has 2 aromatic carbocycles. The summed E-state index contributed by atoms with van der Waals surface area (Å²) in [4.78, 5) is 7.99. The molecule has 3 aromatic rings. The Morgan fingerprint density at radius 1 is 1.09 bits per heavy atom. The van der Waals surface area contributed by atoms with Gasteiger partial charge in [-0.25, -0.2) is 4.39 Å². The number of aromatic nitrogens is 1. The number of nitrogens with zero attached hydrogens (tertiary/aromatic N) is 2. The van der Waals surface area contributed by atoms with Crippen molar-refractivity contribution in [2.45, 2.75) is 33.0 Å². The molecule has 0 aliphatic rings. The highest BCUT2D eigenvalue weighted by Gasteiger charge is 2.32. The molecular formula is C26H25F4N3O. The van der Waals surface area contributed by atoms with Crippen molar-refractivity contribution in [2.24, 2.45) is 4.99 Å². The van der Waals surface area contributed by atoms with Gasteiger partial charge in [0.1, 0.15) is 23.1 Å². The van der Waals surface area contributed by atoms with Crippen molar-refractivity contribution in [3.05, 3.63) is 95.2 Å². The van der Waals surface area contributed by atoms with E-state index >= 15 is 0 Å². The number of allylic oxidation sites excluding steroid dienone is 1. The third-order valence-electron chi connectivity index (χ3n) is 5.12. The van der Waals surface area contributed by atoms with E-state index in [9.17, 15) is 17.6 Å². The average Bonchev–Trinajstić information content (AvgIpc) is 2.82. The van der Waals surface area contributed by atoms with Crippen LogP contribution in [0.3, 0.4) is 0 Å². The number of alkyl halides is 3.